The molecule has 0 radical (unpaired) electrons. The summed E-state index contributed by atoms with van der Waals surface area (Å²) in [5.41, 5.74) is 5.55. The Kier molecular flexibility index (Phi) is 4.94. The first-order chi connectivity index (χ1) is 13.4. The highest BCUT2D eigenvalue weighted by atomic mass is 19.4. The smallest absolute Gasteiger partial charge is 0.413 e. The van der Waals surface area contributed by atoms with E-state index >= 15 is 0 Å². The highest BCUT2D eigenvalue weighted by Gasteiger charge is 2.50. The van der Waals surface area contributed by atoms with Crippen molar-refractivity contribution in [3.8, 4) is 5.69 Å². The molecule has 0 saturated carbocycles. The van der Waals surface area contributed by atoms with Crippen molar-refractivity contribution in [2.75, 3.05) is 5.73 Å². The second-order valence-corrected chi connectivity index (χ2v) is 7.68. The van der Waals surface area contributed by atoms with E-state index in [1.54, 1.807) is 24.3 Å². The fourth-order valence-corrected chi connectivity index (χ4v) is 3.33. The van der Waals surface area contributed by atoms with Crippen molar-refractivity contribution in [1.29, 1.82) is 0 Å². The molecule has 6 nitrogen and oxygen atoms in total. The van der Waals surface area contributed by atoms with Crippen LogP contribution in [-0.2, 0) is 0 Å². The number of alkyl halides is 3. The number of hydrogen-bond donors (Lipinski definition) is 2. The number of carboxylic acid groups (broad SMARTS) is 1. The van der Waals surface area contributed by atoms with Crippen LogP contribution in [-0.4, -0.2) is 37.6 Å². The molecule has 1 amide bonds. The first-order valence-corrected chi connectivity index (χ1v) is 8.84. The molecule has 154 valence electrons. The number of benzene rings is 2. The van der Waals surface area contributed by atoms with Gasteiger partial charge in [-0.2, -0.15) is 18.3 Å². The van der Waals surface area contributed by atoms with Crippen LogP contribution in [0.2, 0.25) is 0 Å². The topological polar surface area (TPSA) is 84.4 Å². The van der Waals surface area contributed by atoms with Crippen molar-refractivity contribution in [1.82, 2.24) is 14.7 Å². The van der Waals surface area contributed by atoms with Gasteiger partial charge in [0.1, 0.15) is 5.82 Å². The Balaban J connectivity index is 2.17. The molecule has 1 unspecified atom stereocenters. The van der Waals surface area contributed by atoms with Crippen LogP contribution < -0.4 is 5.73 Å². The third-order valence-electron chi connectivity index (χ3n) is 4.55. The van der Waals surface area contributed by atoms with Crippen LogP contribution >= 0.6 is 0 Å². The Morgan fingerprint density at radius 2 is 1.76 bits per heavy atom. The summed E-state index contributed by atoms with van der Waals surface area (Å²) in [5, 5.41) is 14.3. The average molecular weight is 406 g/mol. The van der Waals surface area contributed by atoms with E-state index < -0.39 is 23.9 Å². The normalized spacial score (nSPS) is 13.4. The molecule has 3 aromatic rings. The zero-order valence-electron chi connectivity index (χ0n) is 16.1. The first-order valence-electron chi connectivity index (χ1n) is 8.84. The Bertz CT molecular complexity index is 1040. The molecule has 3 N–H and O–H groups in total. The number of rotatable bonds is 3. The van der Waals surface area contributed by atoms with E-state index in [9.17, 15) is 23.1 Å². The number of carbonyl (C=O) groups is 1. The minimum absolute atomic E-state index is 0.222. The van der Waals surface area contributed by atoms with E-state index in [-0.39, 0.29) is 16.9 Å². The number of hydrogen-bond acceptors (Lipinski definition) is 3. The summed E-state index contributed by atoms with van der Waals surface area (Å²) in [4.78, 5) is 12.1. The lowest BCUT2D eigenvalue weighted by Gasteiger charge is -2.40. The number of anilines is 1. The van der Waals surface area contributed by atoms with E-state index in [4.69, 9.17) is 5.73 Å². The third-order valence-corrected chi connectivity index (χ3v) is 4.55. The molecule has 2 aromatic carbocycles. The van der Waals surface area contributed by atoms with Crippen molar-refractivity contribution in [3.63, 3.8) is 0 Å². The summed E-state index contributed by atoms with van der Waals surface area (Å²) < 4.78 is 43.3. The van der Waals surface area contributed by atoms with Gasteiger partial charge in [0.2, 0.25) is 0 Å². The standard InChI is InChI=1S/C20H21F3N4O2/c1-19(2,3)26(18(28)29)16(20(21,22)23)12-9-10-14-15(11-12)25-27(17(14)24)13-7-5-4-6-8-13/h4-11,16H,24H2,1-3H3,(H,28,29). The molecule has 9 heteroatoms. The monoisotopic (exact) mass is 406 g/mol. The Morgan fingerprint density at radius 3 is 2.28 bits per heavy atom. The maximum absolute atomic E-state index is 13.9. The highest BCUT2D eigenvalue weighted by Crippen LogP contribution is 2.42. The zero-order valence-corrected chi connectivity index (χ0v) is 16.1. The fraction of sp³-hybridized carbons (Fsp3) is 0.300. The predicted octanol–water partition coefficient (Wildman–Crippen LogP) is 4.99. The van der Waals surface area contributed by atoms with Crippen LogP contribution in [0.4, 0.5) is 23.8 Å². The van der Waals surface area contributed by atoms with Gasteiger partial charge in [-0.25, -0.2) is 9.48 Å². The molecule has 0 aliphatic rings. The molecule has 29 heavy (non-hydrogen) atoms. The highest BCUT2D eigenvalue weighted by molar-refractivity contribution is 5.90. The zero-order chi connectivity index (χ0) is 21.6. The second kappa shape index (κ2) is 6.98. The molecule has 0 bridgehead atoms. The fourth-order valence-electron chi connectivity index (χ4n) is 3.33. The summed E-state index contributed by atoms with van der Waals surface area (Å²) in [6.45, 7) is 4.25. The number of amides is 1. The Morgan fingerprint density at radius 1 is 1.14 bits per heavy atom. The molecule has 3 rings (SSSR count). The maximum atomic E-state index is 13.9. The van der Waals surface area contributed by atoms with Gasteiger partial charge in [-0.05, 0) is 50.6 Å². The lowest BCUT2D eigenvalue weighted by molar-refractivity contribution is -0.191. The molecular formula is C20H21F3N4O2. The SMILES string of the molecule is CC(C)(C)N(C(=O)O)C(c1ccc2c(N)n(-c3ccccc3)nc2c1)C(F)(F)F. The summed E-state index contributed by atoms with van der Waals surface area (Å²) in [5.74, 6) is 0.284. The van der Waals surface area contributed by atoms with E-state index in [0.29, 0.717) is 16.0 Å². The molecule has 0 aliphatic carbocycles. The second-order valence-electron chi connectivity index (χ2n) is 7.68. The maximum Gasteiger partial charge on any atom is 0.413 e. The lowest BCUT2D eigenvalue weighted by Crippen LogP contribution is -2.51. The summed E-state index contributed by atoms with van der Waals surface area (Å²) in [6.07, 6.45) is -6.47. The van der Waals surface area contributed by atoms with Crippen molar-refractivity contribution in [2.24, 2.45) is 0 Å². The van der Waals surface area contributed by atoms with Crippen LogP contribution in [0.25, 0.3) is 16.6 Å². The van der Waals surface area contributed by atoms with Crippen LogP contribution in [0.3, 0.4) is 0 Å². The molecule has 1 atom stereocenters. The van der Waals surface area contributed by atoms with Crippen LogP contribution in [0.15, 0.2) is 48.5 Å². The van der Waals surface area contributed by atoms with Gasteiger partial charge in [0.05, 0.1) is 11.2 Å². The van der Waals surface area contributed by atoms with Crippen LogP contribution in [0, 0.1) is 0 Å². The van der Waals surface area contributed by atoms with Crippen molar-refractivity contribution >= 4 is 22.8 Å². The minimum Gasteiger partial charge on any atom is -0.465 e. The molecule has 1 heterocycles. The predicted molar refractivity (Wildman–Crippen MR) is 104 cm³/mol. The van der Waals surface area contributed by atoms with E-state index in [2.05, 4.69) is 5.10 Å². The van der Waals surface area contributed by atoms with Gasteiger partial charge >= 0.3 is 12.3 Å². The quantitative estimate of drug-likeness (QED) is 0.642. The minimum atomic E-state index is -4.81. The number of nitrogens with zero attached hydrogens (tertiary/aromatic N) is 3. The number of para-hydroxylation sites is 1. The molecular weight excluding hydrogens is 385 g/mol. The van der Waals surface area contributed by atoms with Gasteiger partial charge in [-0.3, -0.25) is 4.90 Å². The lowest BCUT2D eigenvalue weighted by atomic mass is 9.97. The van der Waals surface area contributed by atoms with Crippen molar-refractivity contribution in [3.05, 3.63) is 54.1 Å². The Labute approximate surface area is 165 Å². The molecule has 1 aromatic heterocycles. The molecule has 0 saturated heterocycles. The largest absolute Gasteiger partial charge is 0.465 e. The molecule has 0 fully saturated rings. The van der Waals surface area contributed by atoms with E-state index in [0.717, 1.165) is 0 Å². The summed E-state index contributed by atoms with van der Waals surface area (Å²) >= 11 is 0. The van der Waals surface area contributed by atoms with Gasteiger partial charge in [0.15, 0.2) is 6.04 Å². The van der Waals surface area contributed by atoms with Gasteiger partial charge in [0, 0.05) is 10.9 Å². The van der Waals surface area contributed by atoms with Gasteiger partial charge in [-0.1, -0.05) is 24.3 Å². The number of aromatic nitrogens is 2. The van der Waals surface area contributed by atoms with Crippen LogP contribution in [0.5, 0.6) is 0 Å². The molecule has 0 spiro atoms. The van der Waals surface area contributed by atoms with Crippen LogP contribution in [0.1, 0.15) is 32.4 Å². The van der Waals surface area contributed by atoms with E-state index in [1.165, 1.54) is 43.7 Å². The average Bonchev–Trinajstić information content (AvgIpc) is 2.94. The molecule has 0 aliphatic heterocycles. The van der Waals surface area contributed by atoms with Gasteiger partial charge in [0.25, 0.3) is 0 Å². The Hall–Kier alpha value is -3.23. The van der Waals surface area contributed by atoms with Gasteiger partial charge < -0.3 is 10.8 Å². The van der Waals surface area contributed by atoms with Gasteiger partial charge in [-0.15, -0.1) is 0 Å². The summed E-state index contributed by atoms with van der Waals surface area (Å²) in [7, 11) is 0. The van der Waals surface area contributed by atoms with E-state index in [1.807, 2.05) is 6.07 Å². The van der Waals surface area contributed by atoms with Crippen molar-refractivity contribution < 1.29 is 23.1 Å². The summed E-state index contributed by atoms with van der Waals surface area (Å²) in [6, 6.07) is 10.5. The first kappa shape index (κ1) is 20.5. The number of halogens is 3. The number of nitrogen functional groups attached to an aromatic ring is 1. The number of nitrogens with two attached hydrogens (primary N) is 1. The number of fused-ring (bicyclic) bond motifs is 1. The van der Waals surface area contributed by atoms with Crippen molar-refractivity contribution in [2.45, 2.75) is 38.5 Å². The third kappa shape index (κ3) is 3.85.